The second-order valence-corrected chi connectivity index (χ2v) is 5.09. The zero-order chi connectivity index (χ0) is 20.0. The number of carbonyl (C=O) groups is 2. The van der Waals surface area contributed by atoms with Crippen molar-refractivity contribution in [3.05, 3.63) is 16.8 Å². The normalized spacial score (nSPS) is 24.2. The van der Waals surface area contributed by atoms with E-state index in [1.807, 2.05) is 0 Å². The highest BCUT2D eigenvalue weighted by molar-refractivity contribution is 5.83. The first kappa shape index (κ1) is 21.4. The molecule has 0 bridgehead atoms. The Bertz CT molecular complexity index is 677. The van der Waals surface area contributed by atoms with E-state index in [1.165, 1.54) is 6.33 Å². The van der Waals surface area contributed by atoms with Crippen LogP contribution in [0.5, 0.6) is 0 Å². The Hall–Kier alpha value is -2.65. The molecule has 1 fully saturated rings. The maximum absolute atomic E-state index is 11.4. The molecule has 1 saturated heterocycles. The summed E-state index contributed by atoms with van der Waals surface area (Å²) < 4.78 is 6.41. The van der Waals surface area contributed by atoms with Gasteiger partial charge in [0.1, 0.15) is 18.7 Å². The van der Waals surface area contributed by atoms with Gasteiger partial charge in [-0.15, -0.1) is 0 Å². The summed E-state index contributed by atoms with van der Waals surface area (Å²) in [6.07, 6.45) is -5.27. The molecule has 1 aliphatic rings. The molecule has 0 aromatic carbocycles. The van der Waals surface area contributed by atoms with Crippen molar-refractivity contribution in [2.75, 3.05) is 12.3 Å². The molecular formula is C12H18N4O10. The molecular weight excluding hydrogens is 360 g/mol. The van der Waals surface area contributed by atoms with E-state index in [0.29, 0.717) is 0 Å². The first-order valence-corrected chi connectivity index (χ1v) is 7.05. The van der Waals surface area contributed by atoms with Crippen LogP contribution in [0.2, 0.25) is 0 Å². The van der Waals surface area contributed by atoms with Gasteiger partial charge in [-0.3, -0.25) is 4.57 Å². The van der Waals surface area contributed by atoms with Crippen molar-refractivity contribution < 1.29 is 45.0 Å². The van der Waals surface area contributed by atoms with E-state index in [1.54, 1.807) is 0 Å². The number of carboxylic acid groups (broad SMARTS) is 2. The number of hydrogen-bond donors (Lipinski definition) is 7. The fourth-order valence-corrected chi connectivity index (χ4v) is 1.87. The summed E-state index contributed by atoms with van der Waals surface area (Å²) in [5.41, 5.74) is 4.65. The average molecular weight is 378 g/mol. The number of anilines is 1. The van der Waals surface area contributed by atoms with Gasteiger partial charge in [0.05, 0.1) is 12.7 Å². The van der Waals surface area contributed by atoms with Crippen LogP contribution >= 0.6 is 0 Å². The summed E-state index contributed by atoms with van der Waals surface area (Å²) in [6.45, 7) is -0.303. The monoisotopic (exact) mass is 378 g/mol. The fraction of sp³-hybridized carbons (Fsp3) is 0.583. The van der Waals surface area contributed by atoms with Crippen molar-refractivity contribution in [1.82, 2.24) is 14.5 Å². The topological polar surface area (TPSA) is 239 Å². The number of aromatic nitrogens is 3. The van der Waals surface area contributed by atoms with Crippen LogP contribution in [0, 0.1) is 0 Å². The zero-order valence-electron chi connectivity index (χ0n) is 13.1. The van der Waals surface area contributed by atoms with Crippen LogP contribution < -0.4 is 11.4 Å². The number of hydrogen-bond acceptors (Lipinski definition) is 11. The van der Waals surface area contributed by atoms with Gasteiger partial charge in [-0.2, -0.15) is 4.98 Å². The molecule has 0 spiro atoms. The largest absolute Gasteiger partial charge is 0.479 e. The fourth-order valence-electron chi connectivity index (χ4n) is 1.87. The molecule has 1 aliphatic heterocycles. The maximum atomic E-state index is 11.4. The summed E-state index contributed by atoms with van der Waals surface area (Å²) in [7, 11) is 0. The van der Waals surface area contributed by atoms with Gasteiger partial charge in [0.2, 0.25) is 5.95 Å². The first-order valence-electron chi connectivity index (χ1n) is 7.05. The Morgan fingerprint density at radius 2 is 1.85 bits per heavy atom. The Kier molecular flexibility index (Phi) is 7.54. The smallest absolute Gasteiger partial charge is 0.354 e. The zero-order valence-corrected chi connectivity index (χ0v) is 13.1. The summed E-state index contributed by atoms with van der Waals surface area (Å²) in [4.78, 5) is 38.1. The Morgan fingerprint density at radius 1 is 1.31 bits per heavy atom. The number of rotatable bonds is 5. The van der Waals surface area contributed by atoms with E-state index in [-0.39, 0.29) is 19.0 Å². The predicted octanol–water partition coefficient (Wildman–Crippen LogP) is -4.26. The van der Waals surface area contributed by atoms with Crippen LogP contribution in [0.4, 0.5) is 5.95 Å². The second-order valence-electron chi connectivity index (χ2n) is 5.09. The van der Waals surface area contributed by atoms with Gasteiger partial charge in [-0.25, -0.2) is 19.4 Å². The van der Waals surface area contributed by atoms with Crippen LogP contribution in [0.1, 0.15) is 12.6 Å². The lowest BCUT2D eigenvalue weighted by Gasteiger charge is -2.13. The van der Waals surface area contributed by atoms with Gasteiger partial charge >= 0.3 is 17.6 Å². The minimum absolute atomic E-state index is 0.112. The van der Waals surface area contributed by atoms with Crippen molar-refractivity contribution in [2.24, 2.45) is 0 Å². The molecule has 14 nitrogen and oxygen atoms in total. The van der Waals surface area contributed by atoms with Crippen molar-refractivity contribution in [3.8, 4) is 0 Å². The molecule has 146 valence electrons. The highest BCUT2D eigenvalue weighted by Crippen LogP contribution is 2.26. The lowest BCUT2D eigenvalue weighted by molar-refractivity contribution is -0.165. The molecule has 5 atom stereocenters. The van der Waals surface area contributed by atoms with E-state index >= 15 is 0 Å². The first-order chi connectivity index (χ1) is 12.1. The number of nitrogens with zero attached hydrogens (tertiary/aromatic N) is 3. The maximum Gasteiger partial charge on any atom is 0.354 e. The summed E-state index contributed by atoms with van der Waals surface area (Å²) in [6, 6.07) is 0. The van der Waals surface area contributed by atoms with Gasteiger partial charge < -0.3 is 41.1 Å². The number of carboxylic acids is 2. The van der Waals surface area contributed by atoms with Crippen LogP contribution in [0.3, 0.4) is 0 Å². The van der Waals surface area contributed by atoms with Crippen LogP contribution in [0.25, 0.3) is 0 Å². The highest BCUT2D eigenvalue weighted by atomic mass is 16.5. The Labute approximate surface area is 144 Å². The number of aliphatic hydroxyl groups is 4. The second kappa shape index (κ2) is 9.16. The van der Waals surface area contributed by atoms with E-state index < -0.39 is 48.3 Å². The van der Waals surface area contributed by atoms with E-state index in [2.05, 4.69) is 9.97 Å². The molecule has 0 aliphatic carbocycles. The van der Waals surface area contributed by atoms with E-state index in [4.69, 9.17) is 36.0 Å². The van der Waals surface area contributed by atoms with Gasteiger partial charge in [-0.05, 0) is 0 Å². The summed E-state index contributed by atoms with van der Waals surface area (Å²) in [5.74, 6) is -3.65. The molecule has 26 heavy (non-hydrogen) atoms. The minimum atomic E-state index is -2.27. The molecule has 1 aromatic heterocycles. The molecule has 2 rings (SSSR count). The van der Waals surface area contributed by atoms with E-state index in [0.717, 1.165) is 4.57 Å². The third-order valence-electron chi connectivity index (χ3n) is 3.24. The SMILES string of the molecule is Nc1ncn([C@H]2C[C@H](O)[C@@H](CO)O2)c(=O)n1.O=C(O)[C@@H](O)[C@H](O)C(=O)O. The third-order valence-corrected chi connectivity index (χ3v) is 3.24. The van der Waals surface area contributed by atoms with Gasteiger partial charge in [0.15, 0.2) is 12.2 Å². The Balaban J connectivity index is 0.000000294. The number of nitrogen functional groups attached to an aromatic ring is 1. The Morgan fingerprint density at radius 3 is 2.23 bits per heavy atom. The van der Waals surface area contributed by atoms with Crippen molar-refractivity contribution in [3.63, 3.8) is 0 Å². The molecule has 8 N–H and O–H groups in total. The predicted molar refractivity (Wildman–Crippen MR) is 79.6 cm³/mol. The van der Waals surface area contributed by atoms with Gasteiger partial charge in [-0.1, -0.05) is 0 Å². The van der Waals surface area contributed by atoms with Crippen molar-refractivity contribution in [1.29, 1.82) is 0 Å². The van der Waals surface area contributed by atoms with Crippen LogP contribution in [0.15, 0.2) is 11.1 Å². The highest BCUT2D eigenvalue weighted by Gasteiger charge is 2.35. The number of nitrogens with two attached hydrogens (primary N) is 1. The molecule has 0 unspecified atom stereocenters. The van der Waals surface area contributed by atoms with Gasteiger partial charge in [0, 0.05) is 6.42 Å². The van der Waals surface area contributed by atoms with Crippen molar-refractivity contribution >= 4 is 17.9 Å². The molecule has 1 aromatic rings. The molecule has 0 saturated carbocycles. The standard InChI is InChI=1S/C8H12N4O4.C4H6O6/c9-7-10-3-12(8(15)11-7)6-1-4(14)5(2-13)16-6;5-1(3(7)8)2(6)4(9)10/h3-6,13-14H,1-2H2,(H2,9,11,15);1-2,5-6H,(H,7,8)(H,9,10)/t4-,5+,6+;1-,2-/m00/s1. The molecule has 14 heteroatoms. The molecule has 2 heterocycles. The van der Waals surface area contributed by atoms with Crippen molar-refractivity contribution in [2.45, 2.75) is 37.1 Å². The lowest BCUT2D eigenvalue weighted by Crippen LogP contribution is -2.39. The number of aliphatic hydroxyl groups excluding tert-OH is 4. The van der Waals surface area contributed by atoms with Gasteiger partial charge in [0.25, 0.3) is 0 Å². The quantitative estimate of drug-likeness (QED) is 0.257. The summed E-state index contributed by atoms with van der Waals surface area (Å²) >= 11 is 0. The molecule has 0 amide bonds. The molecule has 0 radical (unpaired) electrons. The van der Waals surface area contributed by atoms with Crippen LogP contribution in [-0.2, 0) is 14.3 Å². The van der Waals surface area contributed by atoms with E-state index in [9.17, 15) is 19.5 Å². The number of ether oxygens (including phenoxy) is 1. The number of aliphatic carboxylic acids is 2. The summed E-state index contributed by atoms with van der Waals surface area (Å²) in [5, 5.41) is 50.9. The van der Waals surface area contributed by atoms with Crippen LogP contribution in [-0.4, -0.2) is 88.1 Å². The minimum Gasteiger partial charge on any atom is -0.479 e. The average Bonchev–Trinajstić information content (AvgIpc) is 2.94. The lowest BCUT2D eigenvalue weighted by atomic mass is 10.2. The third kappa shape index (κ3) is 5.43.